The molecule has 0 radical (unpaired) electrons. The number of anilines is 1. The van der Waals surface area contributed by atoms with Crippen molar-refractivity contribution in [2.75, 3.05) is 19.0 Å². The van der Waals surface area contributed by atoms with Crippen LogP contribution in [0.25, 0.3) is 0 Å². The van der Waals surface area contributed by atoms with E-state index in [-0.39, 0.29) is 17.2 Å². The van der Waals surface area contributed by atoms with E-state index < -0.39 is 11.8 Å². The van der Waals surface area contributed by atoms with Gasteiger partial charge in [-0.05, 0) is 61.9 Å². The van der Waals surface area contributed by atoms with Crippen molar-refractivity contribution in [3.63, 3.8) is 0 Å². The molecule has 3 rings (SSSR count). The zero-order chi connectivity index (χ0) is 22.8. The van der Waals surface area contributed by atoms with Gasteiger partial charge in [0.2, 0.25) is 0 Å². The lowest BCUT2D eigenvalue weighted by atomic mass is 9.97. The van der Waals surface area contributed by atoms with Crippen molar-refractivity contribution in [2.45, 2.75) is 38.6 Å². The van der Waals surface area contributed by atoms with E-state index in [1.807, 2.05) is 24.3 Å². The maximum absolute atomic E-state index is 12.7. The number of amides is 3. The number of hydrogen-bond acceptors (Lipinski definition) is 4. The summed E-state index contributed by atoms with van der Waals surface area (Å²) < 4.78 is 5.19. The van der Waals surface area contributed by atoms with Crippen LogP contribution in [0.15, 0.2) is 60.2 Å². The Labute approximate surface area is 188 Å². The van der Waals surface area contributed by atoms with Gasteiger partial charge >= 0.3 is 11.8 Å². The van der Waals surface area contributed by atoms with Crippen LogP contribution in [0.1, 0.15) is 48.0 Å². The monoisotopic (exact) mass is 435 g/mol. The zero-order valence-corrected chi connectivity index (χ0v) is 18.3. The number of hydrogen-bond donors (Lipinski definition) is 3. The molecule has 1 aliphatic rings. The molecule has 0 atom stereocenters. The molecule has 0 aliphatic heterocycles. The fourth-order valence-electron chi connectivity index (χ4n) is 3.58. The number of carbonyl (C=O) groups excluding carboxylic acids is 3. The number of rotatable bonds is 8. The second-order valence-electron chi connectivity index (χ2n) is 7.65. The third-order valence-corrected chi connectivity index (χ3v) is 5.33. The Balaban J connectivity index is 1.54. The Morgan fingerprint density at radius 3 is 2.59 bits per heavy atom. The van der Waals surface area contributed by atoms with Gasteiger partial charge in [-0.1, -0.05) is 35.9 Å². The molecule has 0 unspecified atom stereocenters. The van der Waals surface area contributed by atoms with Crippen LogP contribution in [-0.2, 0) is 16.1 Å². The van der Waals surface area contributed by atoms with Gasteiger partial charge in [0.05, 0.1) is 18.4 Å². The summed E-state index contributed by atoms with van der Waals surface area (Å²) >= 11 is 0. The predicted octanol–water partition coefficient (Wildman–Crippen LogP) is 3.57. The van der Waals surface area contributed by atoms with Crippen LogP contribution in [-0.4, -0.2) is 31.4 Å². The fraction of sp³-hybridized carbons (Fsp3) is 0.320. The van der Waals surface area contributed by atoms with Crippen LogP contribution >= 0.6 is 0 Å². The van der Waals surface area contributed by atoms with E-state index >= 15 is 0 Å². The Kier molecular flexibility index (Phi) is 8.43. The van der Waals surface area contributed by atoms with Gasteiger partial charge in [0.25, 0.3) is 5.91 Å². The van der Waals surface area contributed by atoms with Crippen molar-refractivity contribution in [3.8, 4) is 5.75 Å². The molecule has 0 aromatic heterocycles. The van der Waals surface area contributed by atoms with Crippen LogP contribution in [0.5, 0.6) is 5.75 Å². The summed E-state index contributed by atoms with van der Waals surface area (Å²) in [5, 5.41) is 8.03. The van der Waals surface area contributed by atoms with Crippen LogP contribution in [0.3, 0.4) is 0 Å². The molecule has 0 spiro atoms. The highest BCUT2D eigenvalue weighted by Crippen LogP contribution is 2.19. The average Bonchev–Trinajstić information content (AvgIpc) is 2.83. The second-order valence-corrected chi connectivity index (χ2v) is 7.65. The number of methoxy groups -OCH3 is 1. The molecule has 0 saturated carbocycles. The third-order valence-electron chi connectivity index (χ3n) is 5.33. The summed E-state index contributed by atoms with van der Waals surface area (Å²) in [5.41, 5.74) is 2.77. The van der Waals surface area contributed by atoms with Crippen LogP contribution in [0, 0.1) is 0 Å². The van der Waals surface area contributed by atoms with Crippen molar-refractivity contribution in [1.82, 2.24) is 10.6 Å². The van der Waals surface area contributed by atoms with Gasteiger partial charge in [-0.3, -0.25) is 14.4 Å². The molecule has 0 saturated heterocycles. The first-order valence-corrected chi connectivity index (χ1v) is 10.8. The van der Waals surface area contributed by atoms with E-state index in [0.717, 1.165) is 24.8 Å². The van der Waals surface area contributed by atoms with Crippen LogP contribution < -0.4 is 20.7 Å². The number of allylic oxidation sites excluding steroid dienone is 1. The summed E-state index contributed by atoms with van der Waals surface area (Å²) in [7, 11) is 1.58. The molecule has 7 heteroatoms. The van der Waals surface area contributed by atoms with Gasteiger partial charge in [-0.15, -0.1) is 0 Å². The van der Waals surface area contributed by atoms with E-state index in [9.17, 15) is 14.4 Å². The van der Waals surface area contributed by atoms with Gasteiger partial charge in [0, 0.05) is 13.1 Å². The number of nitrogens with one attached hydrogen (secondary N) is 3. The van der Waals surface area contributed by atoms with E-state index in [0.29, 0.717) is 18.8 Å². The standard InChI is InChI=1S/C25H29N3O4/c1-32-20-11-7-10-19(16-20)17-27-23(29)21-12-5-6-13-22(21)28-25(31)24(30)26-15-14-18-8-3-2-4-9-18/h5-8,10-13,16H,2-4,9,14-15,17H2,1H3,(H,26,30)(H,27,29)(H,28,31). The van der Waals surface area contributed by atoms with Crippen molar-refractivity contribution in [1.29, 1.82) is 0 Å². The first-order valence-electron chi connectivity index (χ1n) is 10.8. The van der Waals surface area contributed by atoms with Crippen molar-refractivity contribution < 1.29 is 19.1 Å². The number of carbonyl (C=O) groups is 3. The summed E-state index contributed by atoms with van der Waals surface area (Å²) in [6.07, 6.45) is 7.50. The quantitative estimate of drug-likeness (QED) is 0.436. The minimum atomic E-state index is -0.796. The number of ether oxygens (including phenoxy) is 1. The SMILES string of the molecule is COc1cccc(CNC(=O)c2ccccc2NC(=O)C(=O)NCCC2=CCCCC2)c1. The van der Waals surface area contributed by atoms with Gasteiger partial charge < -0.3 is 20.7 Å². The largest absolute Gasteiger partial charge is 0.497 e. The molecule has 2 aromatic carbocycles. The molecular formula is C25H29N3O4. The normalized spacial score (nSPS) is 13.0. The first-order chi connectivity index (χ1) is 15.6. The van der Waals surface area contributed by atoms with Gasteiger partial charge in [0.1, 0.15) is 5.75 Å². The fourth-order valence-corrected chi connectivity index (χ4v) is 3.58. The molecule has 7 nitrogen and oxygen atoms in total. The Bertz CT molecular complexity index is 1000. The zero-order valence-electron chi connectivity index (χ0n) is 18.3. The van der Waals surface area contributed by atoms with Crippen LogP contribution in [0.4, 0.5) is 5.69 Å². The van der Waals surface area contributed by atoms with E-state index in [1.54, 1.807) is 31.4 Å². The molecule has 168 valence electrons. The highest BCUT2D eigenvalue weighted by molar-refractivity contribution is 6.40. The lowest BCUT2D eigenvalue weighted by Crippen LogP contribution is -2.36. The number of para-hydroxylation sites is 1. The van der Waals surface area contributed by atoms with E-state index in [2.05, 4.69) is 22.0 Å². The Hall–Kier alpha value is -3.61. The highest BCUT2D eigenvalue weighted by atomic mass is 16.5. The summed E-state index contributed by atoms with van der Waals surface area (Å²) in [6.45, 7) is 0.718. The molecule has 3 amide bonds. The molecule has 2 aromatic rings. The molecule has 1 aliphatic carbocycles. The lowest BCUT2D eigenvalue weighted by Gasteiger charge is -2.13. The van der Waals surface area contributed by atoms with Crippen LogP contribution in [0.2, 0.25) is 0 Å². The summed E-state index contributed by atoms with van der Waals surface area (Å²) in [4.78, 5) is 37.2. The second kappa shape index (κ2) is 11.7. The molecule has 0 fully saturated rings. The average molecular weight is 436 g/mol. The Morgan fingerprint density at radius 1 is 0.969 bits per heavy atom. The van der Waals surface area contributed by atoms with Crippen molar-refractivity contribution in [2.24, 2.45) is 0 Å². The van der Waals surface area contributed by atoms with Gasteiger partial charge in [-0.25, -0.2) is 0 Å². The molecule has 32 heavy (non-hydrogen) atoms. The minimum Gasteiger partial charge on any atom is -0.497 e. The smallest absolute Gasteiger partial charge is 0.313 e. The molecule has 0 bridgehead atoms. The van der Waals surface area contributed by atoms with Crippen molar-refractivity contribution in [3.05, 3.63) is 71.3 Å². The topological polar surface area (TPSA) is 96.5 Å². The van der Waals surface area contributed by atoms with Crippen molar-refractivity contribution >= 4 is 23.4 Å². The van der Waals surface area contributed by atoms with E-state index in [4.69, 9.17) is 4.74 Å². The highest BCUT2D eigenvalue weighted by Gasteiger charge is 2.18. The molecular weight excluding hydrogens is 406 g/mol. The maximum Gasteiger partial charge on any atom is 0.313 e. The number of benzene rings is 2. The minimum absolute atomic E-state index is 0.281. The maximum atomic E-state index is 12.7. The Morgan fingerprint density at radius 2 is 1.81 bits per heavy atom. The molecule has 0 heterocycles. The molecule has 3 N–H and O–H groups in total. The third kappa shape index (κ3) is 6.70. The predicted molar refractivity (Wildman–Crippen MR) is 123 cm³/mol. The van der Waals surface area contributed by atoms with Gasteiger partial charge in [0.15, 0.2) is 0 Å². The first kappa shape index (κ1) is 23.1. The van der Waals surface area contributed by atoms with E-state index in [1.165, 1.54) is 18.4 Å². The van der Waals surface area contributed by atoms with Gasteiger partial charge in [-0.2, -0.15) is 0 Å². The lowest BCUT2D eigenvalue weighted by molar-refractivity contribution is -0.136. The summed E-state index contributed by atoms with van der Waals surface area (Å²) in [6, 6.07) is 14.0. The summed E-state index contributed by atoms with van der Waals surface area (Å²) in [5.74, 6) is -1.16.